The van der Waals surface area contributed by atoms with Gasteiger partial charge in [0, 0.05) is 18.4 Å². The average Bonchev–Trinajstić information content (AvgIpc) is 3.09. The molecule has 3 heterocycles. The van der Waals surface area contributed by atoms with Crippen LogP contribution in [0.25, 0.3) is 11.6 Å². The number of pyridine rings is 1. The summed E-state index contributed by atoms with van der Waals surface area (Å²) in [7, 11) is 0. The topological polar surface area (TPSA) is 65.8 Å². The van der Waals surface area contributed by atoms with Gasteiger partial charge in [0.2, 0.25) is 5.82 Å². The van der Waals surface area contributed by atoms with E-state index in [0.29, 0.717) is 18.1 Å². The van der Waals surface area contributed by atoms with E-state index < -0.39 is 0 Å². The number of nitrogens with zero attached hydrogens (tertiary/aromatic N) is 4. The van der Waals surface area contributed by atoms with Crippen LogP contribution in [0.3, 0.4) is 0 Å². The number of furan rings is 1. The van der Waals surface area contributed by atoms with Gasteiger partial charge in [-0.25, -0.2) is 9.48 Å². The fourth-order valence-corrected chi connectivity index (χ4v) is 2.42. The highest BCUT2D eigenvalue weighted by Crippen LogP contribution is 2.36. The second-order valence-corrected chi connectivity index (χ2v) is 5.20. The Morgan fingerprint density at radius 1 is 1.29 bits per heavy atom. The Morgan fingerprint density at radius 2 is 2.19 bits per heavy atom. The molecule has 3 aromatic rings. The van der Waals surface area contributed by atoms with E-state index in [1.807, 2.05) is 18.2 Å². The standard InChI is InChI=1S/C15H14N4O2/c20-15-18(10-11-3-1-7-16-9-11)17-14(13-4-2-8-21-13)19(15)12-5-6-12/h1-4,7-9,12H,5-6,10H2. The first kappa shape index (κ1) is 12.1. The lowest BCUT2D eigenvalue weighted by atomic mass is 10.3. The third-order valence-electron chi connectivity index (χ3n) is 3.58. The smallest absolute Gasteiger partial charge is 0.346 e. The quantitative estimate of drug-likeness (QED) is 0.735. The van der Waals surface area contributed by atoms with Crippen LogP contribution in [0.4, 0.5) is 0 Å². The summed E-state index contributed by atoms with van der Waals surface area (Å²) >= 11 is 0. The zero-order valence-electron chi connectivity index (χ0n) is 11.3. The van der Waals surface area contributed by atoms with Crippen molar-refractivity contribution in [3.63, 3.8) is 0 Å². The molecule has 1 aliphatic carbocycles. The Hall–Kier alpha value is -2.63. The van der Waals surface area contributed by atoms with Crippen LogP contribution in [-0.4, -0.2) is 19.3 Å². The summed E-state index contributed by atoms with van der Waals surface area (Å²) < 4.78 is 8.63. The van der Waals surface area contributed by atoms with Crippen molar-refractivity contribution in [1.82, 2.24) is 19.3 Å². The first-order chi connectivity index (χ1) is 10.3. The summed E-state index contributed by atoms with van der Waals surface area (Å²) in [6, 6.07) is 7.67. The van der Waals surface area contributed by atoms with Crippen LogP contribution in [0.5, 0.6) is 0 Å². The van der Waals surface area contributed by atoms with E-state index in [0.717, 1.165) is 18.4 Å². The summed E-state index contributed by atoms with van der Waals surface area (Å²) in [5, 5.41) is 4.45. The van der Waals surface area contributed by atoms with Gasteiger partial charge in [0.15, 0.2) is 5.76 Å². The number of aromatic nitrogens is 4. The molecule has 0 N–H and O–H groups in total. The van der Waals surface area contributed by atoms with Gasteiger partial charge in [-0.3, -0.25) is 9.55 Å². The Kier molecular flexibility index (Phi) is 2.73. The molecule has 0 radical (unpaired) electrons. The molecule has 1 aliphatic rings. The highest BCUT2D eigenvalue weighted by Gasteiger charge is 2.31. The van der Waals surface area contributed by atoms with Crippen LogP contribution < -0.4 is 5.69 Å². The lowest BCUT2D eigenvalue weighted by Gasteiger charge is -1.99. The van der Waals surface area contributed by atoms with Crippen molar-refractivity contribution in [2.75, 3.05) is 0 Å². The van der Waals surface area contributed by atoms with Crippen molar-refractivity contribution < 1.29 is 4.42 Å². The summed E-state index contributed by atoms with van der Waals surface area (Å²) in [5.41, 5.74) is 0.860. The fourth-order valence-electron chi connectivity index (χ4n) is 2.42. The predicted octanol–water partition coefficient (Wildman–Crippen LogP) is 2.08. The molecule has 1 saturated carbocycles. The van der Waals surface area contributed by atoms with Crippen LogP contribution in [0.1, 0.15) is 24.4 Å². The maximum atomic E-state index is 12.6. The van der Waals surface area contributed by atoms with Crippen molar-refractivity contribution in [2.45, 2.75) is 25.4 Å². The summed E-state index contributed by atoms with van der Waals surface area (Å²) in [5.74, 6) is 1.24. The fraction of sp³-hybridized carbons (Fsp3) is 0.267. The van der Waals surface area contributed by atoms with Crippen LogP contribution in [0.2, 0.25) is 0 Å². The van der Waals surface area contributed by atoms with Gasteiger partial charge >= 0.3 is 5.69 Å². The molecule has 4 rings (SSSR count). The molecule has 0 bridgehead atoms. The van der Waals surface area contributed by atoms with Gasteiger partial charge in [-0.15, -0.1) is 5.10 Å². The first-order valence-electron chi connectivity index (χ1n) is 6.95. The minimum atomic E-state index is -0.0900. The van der Waals surface area contributed by atoms with E-state index in [9.17, 15) is 4.79 Å². The van der Waals surface area contributed by atoms with Crippen LogP contribution in [0, 0.1) is 0 Å². The van der Waals surface area contributed by atoms with Gasteiger partial charge in [-0.2, -0.15) is 0 Å². The highest BCUT2D eigenvalue weighted by atomic mass is 16.3. The maximum absolute atomic E-state index is 12.6. The van der Waals surface area contributed by atoms with Crippen molar-refractivity contribution in [3.8, 4) is 11.6 Å². The summed E-state index contributed by atoms with van der Waals surface area (Å²) in [4.78, 5) is 16.6. The number of rotatable bonds is 4. The summed E-state index contributed by atoms with van der Waals surface area (Å²) in [6.45, 7) is 0.417. The molecular weight excluding hydrogens is 268 g/mol. The van der Waals surface area contributed by atoms with Gasteiger partial charge in [0.1, 0.15) is 0 Å². The van der Waals surface area contributed by atoms with E-state index in [4.69, 9.17) is 4.42 Å². The third kappa shape index (κ3) is 2.18. The molecule has 6 nitrogen and oxygen atoms in total. The molecule has 6 heteroatoms. The SMILES string of the molecule is O=c1n(Cc2cccnc2)nc(-c2ccco2)n1C1CC1. The Balaban J connectivity index is 1.78. The maximum Gasteiger partial charge on any atom is 0.346 e. The van der Waals surface area contributed by atoms with Crippen LogP contribution >= 0.6 is 0 Å². The zero-order valence-corrected chi connectivity index (χ0v) is 11.3. The Bertz CT molecular complexity index is 798. The number of hydrogen-bond acceptors (Lipinski definition) is 4. The van der Waals surface area contributed by atoms with E-state index in [-0.39, 0.29) is 11.7 Å². The highest BCUT2D eigenvalue weighted by molar-refractivity contribution is 5.46. The van der Waals surface area contributed by atoms with Gasteiger partial charge in [-0.1, -0.05) is 6.07 Å². The molecule has 21 heavy (non-hydrogen) atoms. The second kappa shape index (κ2) is 4.73. The molecule has 0 aromatic carbocycles. The minimum Gasteiger partial charge on any atom is -0.461 e. The monoisotopic (exact) mass is 282 g/mol. The molecule has 0 atom stereocenters. The van der Waals surface area contributed by atoms with Crippen molar-refractivity contribution >= 4 is 0 Å². The van der Waals surface area contributed by atoms with E-state index >= 15 is 0 Å². The van der Waals surface area contributed by atoms with E-state index in [2.05, 4.69) is 10.1 Å². The zero-order chi connectivity index (χ0) is 14.2. The molecule has 1 fully saturated rings. The molecule has 0 amide bonds. The van der Waals surface area contributed by atoms with E-state index in [1.165, 1.54) is 4.68 Å². The largest absolute Gasteiger partial charge is 0.461 e. The lowest BCUT2D eigenvalue weighted by molar-refractivity contribution is 0.568. The normalized spacial score (nSPS) is 14.5. The predicted molar refractivity (Wildman–Crippen MR) is 75.8 cm³/mol. The average molecular weight is 282 g/mol. The molecular formula is C15H14N4O2. The summed E-state index contributed by atoms with van der Waals surface area (Å²) in [6.07, 6.45) is 7.09. The molecule has 0 spiro atoms. The Labute approximate surface area is 120 Å². The third-order valence-corrected chi connectivity index (χ3v) is 3.58. The van der Waals surface area contributed by atoms with Gasteiger partial charge in [-0.05, 0) is 36.6 Å². The van der Waals surface area contributed by atoms with Crippen molar-refractivity contribution in [2.24, 2.45) is 0 Å². The van der Waals surface area contributed by atoms with E-state index in [1.54, 1.807) is 29.3 Å². The molecule has 106 valence electrons. The first-order valence-corrected chi connectivity index (χ1v) is 6.95. The van der Waals surface area contributed by atoms with Gasteiger partial charge in [0.25, 0.3) is 0 Å². The van der Waals surface area contributed by atoms with Gasteiger partial charge in [0.05, 0.1) is 12.8 Å². The number of hydrogen-bond donors (Lipinski definition) is 0. The van der Waals surface area contributed by atoms with Crippen molar-refractivity contribution in [3.05, 3.63) is 59.0 Å². The lowest BCUT2D eigenvalue weighted by Crippen LogP contribution is -2.25. The molecule has 0 saturated heterocycles. The van der Waals surface area contributed by atoms with Crippen LogP contribution in [-0.2, 0) is 6.54 Å². The molecule has 3 aromatic heterocycles. The molecule has 0 aliphatic heterocycles. The van der Waals surface area contributed by atoms with Gasteiger partial charge < -0.3 is 4.42 Å². The molecule has 0 unspecified atom stereocenters. The minimum absolute atomic E-state index is 0.0900. The van der Waals surface area contributed by atoms with Crippen molar-refractivity contribution in [1.29, 1.82) is 0 Å². The Morgan fingerprint density at radius 3 is 2.86 bits per heavy atom. The second-order valence-electron chi connectivity index (χ2n) is 5.20. The van der Waals surface area contributed by atoms with Crippen LogP contribution in [0.15, 0.2) is 52.1 Å².